The summed E-state index contributed by atoms with van der Waals surface area (Å²) in [7, 11) is 1.52. The number of methoxy groups -OCH3 is 1. The molecule has 0 spiro atoms. The molecule has 2 aromatic rings. The maximum absolute atomic E-state index is 13.1. The van der Waals surface area contributed by atoms with E-state index in [1.165, 1.54) is 31.4 Å². The highest BCUT2D eigenvalue weighted by molar-refractivity contribution is 6.09. The van der Waals surface area contributed by atoms with Crippen molar-refractivity contribution in [3.63, 3.8) is 0 Å². The van der Waals surface area contributed by atoms with E-state index in [9.17, 15) is 9.18 Å². The third-order valence-electron chi connectivity index (χ3n) is 2.85. The summed E-state index contributed by atoms with van der Waals surface area (Å²) in [5.41, 5.74) is 0.829. The van der Waals surface area contributed by atoms with Crippen LogP contribution in [0.5, 0.6) is 5.75 Å². The van der Waals surface area contributed by atoms with Crippen LogP contribution in [0.1, 0.15) is 5.56 Å². The zero-order valence-corrected chi connectivity index (χ0v) is 11.8. The Kier molecular flexibility index (Phi) is 4.89. The Labute approximate surface area is 127 Å². The molecular formula is C17H13FN2O2. The summed E-state index contributed by atoms with van der Waals surface area (Å²) < 4.78 is 18.2. The van der Waals surface area contributed by atoms with Crippen molar-refractivity contribution in [1.29, 1.82) is 5.26 Å². The molecule has 0 aliphatic heterocycles. The van der Waals surface area contributed by atoms with Gasteiger partial charge >= 0.3 is 0 Å². The number of benzene rings is 2. The molecule has 110 valence electrons. The van der Waals surface area contributed by atoms with E-state index >= 15 is 0 Å². The first kappa shape index (κ1) is 15.3. The number of anilines is 1. The van der Waals surface area contributed by atoms with Crippen LogP contribution >= 0.6 is 0 Å². The predicted octanol–water partition coefficient (Wildman–Crippen LogP) is 3.38. The Morgan fingerprint density at radius 1 is 1.27 bits per heavy atom. The smallest absolute Gasteiger partial charge is 0.266 e. The number of nitrogens with one attached hydrogen (secondary N) is 1. The molecule has 2 aromatic carbocycles. The zero-order valence-electron chi connectivity index (χ0n) is 11.8. The number of ether oxygens (including phenoxy) is 1. The van der Waals surface area contributed by atoms with Gasteiger partial charge in [-0.1, -0.05) is 18.2 Å². The molecule has 0 bridgehead atoms. The summed E-state index contributed by atoms with van der Waals surface area (Å²) >= 11 is 0. The van der Waals surface area contributed by atoms with E-state index in [4.69, 9.17) is 10.00 Å². The summed E-state index contributed by atoms with van der Waals surface area (Å²) in [6, 6.07) is 14.2. The largest absolute Gasteiger partial charge is 0.497 e. The number of amides is 1. The van der Waals surface area contributed by atoms with Crippen LogP contribution in [0.4, 0.5) is 10.1 Å². The van der Waals surface area contributed by atoms with Gasteiger partial charge in [-0.05, 0) is 35.9 Å². The number of rotatable bonds is 4. The van der Waals surface area contributed by atoms with Gasteiger partial charge in [-0.2, -0.15) is 5.26 Å². The van der Waals surface area contributed by atoms with Gasteiger partial charge in [0.15, 0.2) is 0 Å². The Morgan fingerprint density at radius 3 is 2.73 bits per heavy atom. The number of carbonyl (C=O) groups is 1. The fourth-order valence-electron chi connectivity index (χ4n) is 1.81. The van der Waals surface area contributed by atoms with Gasteiger partial charge in [0.1, 0.15) is 23.2 Å². The number of nitrogens with zero attached hydrogens (tertiary/aromatic N) is 1. The normalized spacial score (nSPS) is 10.7. The van der Waals surface area contributed by atoms with Crippen molar-refractivity contribution in [1.82, 2.24) is 0 Å². The standard InChI is InChI=1S/C17H13FN2O2/c1-22-16-7-3-6-15(10-16)20-17(21)13(11-19)8-12-4-2-5-14(18)9-12/h2-10H,1H3,(H,20,21)/b13-8+. The lowest BCUT2D eigenvalue weighted by Crippen LogP contribution is -2.13. The molecule has 0 saturated carbocycles. The summed E-state index contributed by atoms with van der Waals surface area (Å²) in [6.07, 6.45) is 1.33. The second-order valence-corrected chi connectivity index (χ2v) is 4.41. The summed E-state index contributed by atoms with van der Waals surface area (Å²) in [5, 5.41) is 11.7. The number of hydrogen-bond donors (Lipinski definition) is 1. The molecule has 0 aromatic heterocycles. The lowest BCUT2D eigenvalue weighted by atomic mass is 10.1. The van der Waals surface area contributed by atoms with Gasteiger partial charge in [0, 0.05) is 11.8 Å². The maximum atomic E-state index is 13.1. The van der Waals surface area contributed by atoms with Gasteiger partial charge in [0.25, 0.3) is 5.91 Å². The molecular weight excluding hydrogens is 283 g/mol. The molecule has 0 aliphatic rings. The average Bonchev–Trinajstić information content (AvgIpc) is 2.52. The van der Waals surface area contributed by atoms with Crippen LogP contribution in [-0.2, 0) is 4.79 Å². The van der Waals surface area contributed by atoms with Crippen LogP contribution in [0.25, 0.3) is 6.08 Å². The van der Waals surface area contributed by atoms with Crippen LogP contribution in [-0.4, -0.2) is 13.0 Å². The molecule has 5 heteroatoms. The molecule has 1 N–H and O–H groups in total. The summed E-state index contributed by atoms with van der Waals surface area (Å²) in [4.78, 5) is 12.1. The highest BCUT2D eigenvalue weighted by atomic mass is 19.1. The minimum atomic E-state index is -0.569. The molecule has 22 heavy (non-hydrogen) atoms. The number of hydrogen-bond acceptors (Lipinski definition) is 3. The summed E-state index contributed by atoms with van der Waals surface area (Å²) in [6.45, 7) is 0. The Balaban J connectivity index is 2.20. The minimum Gasteiger partial charge on any atom is -0.497 e. The van der Waals surface area contributed by atoms with Crippen molar-refractivity contribution >= 4 is 17.7 Å². The predicted molar refractivity (Wildman–Crippen MR) is 81.6 cm³/mol. The quantitative estimate of drug-likeness (QED) is 0.695. The maximum Gasteiger partial charge on any atom is 0.266 e. The van der Waals surface area contributed by atoms with E-state index in [1.54, 1.807) is 30.3 Å². The average molecular weight is 296 g/mol. The van der Waals surface area contributed by atoms with E-state index in [1.807, 2.05) is 6.07 Å². The highest BCUT2D eigenvalue weighted by Crippen LogP contribution is 2.18. The Morgan fingerprint density at radius 2 is 2.05 bits per heavy atom. The Bertz CT molecular complexity index is 763. The molecule has 0 saturated heterocycles. The second-order valence-electron chi connectivity index (χ2n) is 4.41. The van der Waals surface area contributed by atoms with Crippen molar-refractivity contribution < 1.29 is 13.9 Å². The van der Waals surface area contributed by atoms with E-state index in [0.29, 0.717) is 17.0 Å². The molecule has 0 aliphatic carbocycles. The van der Waals surface area contributed by atoms with Crippen LogP contribution in [0.2, 0.25) is 0 Å². The number of carbonyl (C=O) groups excluding carboxylic acids is 1. The lowest BCUT2D eigenvalue weighted by molar-refractivity contribution is -0.112. The van der Waals surface area contributed by atoms with E-state index in [0.717, 1.165) is 0 Å². The molecule has 4 nitrogen and oxygen atoms in total. The molecule has 0 heterocycles. The van der Waals surface area contributed by atoms with Crippen molar-refractivity contribution in [3.8, 4) is 11.8 Å². The van der Waals surface area contributed by atoms with Crippen molar-refractivity contribution in [3.05, 3.63) is 65.5 Å². The van der Waals surface area contributed by atoms with Crippen LogP contribution in [0.15, 0.2) is 54.1 Å². The Hall–Kier alpha value is -3.13. The monoisotopic (exact) mass is 296 g/mol. The van der Waals surface area contributed by atoms with E-state index in [2.05, 4.69) is 5.32 Å². The van der Waals surface area contributed by atoms with Gasteiger partial charge in [0.05, 0.1) is 7.11 Å². The third-order valence-corrected chi connectivity index (χ3v) is 2.85. The van der Waals surface area contributed by atoms with Crippen molar-refractivity contribution in [2.45, 2.75) is 0 Å². The minimum absolute atomic E-state index is 0.117. The van der Waals surface area contributed by atoms with E-state index in [-0.39, 0.29) is 5.57 Å². The zero-order chi connectivity index (χ0) is 15.9. The third kappa shape index (κ3) is 3.93. The highest BCUT2D eigenvalue weighted by Gasteiger charge is 2.10. The van der Waals surface area contributed by atoms with Crippen LogP contribution in [0, 0.1) is 17.1 Å². The molecule has 0 radical (unpaired) electrons. The summed E-state index contributed by atoms with van der Waals surface area (Å²) in [5.74, 6) is -0.412. The van der Waals surface area contributed by atoms with Crippen LogP contribution in [0.3, 0.4) is 0 Å². The van der Waals surface area contributed by atoms with Crippen LogP contribution < -0.4 is 10.1 Å². The topological polar surface area (TPSA) is 62.1 Å². The fraction of sp³-hybridized carbons (Fsp3) is 0.0588. The molecule has 2 rings (SSSR count). The van der Waals surface area contributed by atoms with Crippen molar-refractivity contribution in [2.24, 2.45) is 0 Å². The number of nitriles is 1. The van der Waals surface area contributed by atoms with Crippen molar-refractivity contribution in [2.75, 3.05) is 12.4 Å². The molecule has 0 fully saturated rings. The van der Waals surface area contributed by atoms with Gasteiger partial charge < -0.3 is 10.1 Å². The first-order valence-electron chi connectivity index (χ1n) is 6.45. The van der Waals surface area contributed by atoms with E-state index < -0.39 is 11.7 Å². The second kappa shape index (κ2) is 7.04. The number of halogens is 1. The molecule has 1 amide bonds. The van der Waals surface area contributed by atoms with Gasteiger partial charge in [-0.3, -0.25) is 4.79 Å². The molecule has 0 atom stereocenters. The fourth-order valence-corrected chi connectivity index (χ4v) is 1.81. The lowest BCUT2D eigenvalue weighted by Gasteiger charge is -2.06. The first-order valence-corrected chi connectivity index (χ1v) is 6.45. The van der Waals surface area contributed by atoms with Gasteiger partial charge in [-0.25, -0.2) is 4.39 Å². The van der Waals surface area contributed by atoms with Gasteiger partial charge in [0.2, 0.25) is 0 Å². The van der Waals surface area contributed by atoms with Gasteiger partial charge in [-0.15, -0.1) is 0 Å². The SMILES string of the molecule is COc1cccc(NC(=O)/C(C#N)=C/c2cccc(F)c2)c1. The molecule has 0 unspecified atom stereocenters. The first-order chi connectivity index (χ1) is 10.6.